The SMILES string of the molecule is Cc1nn2c(c1C)NC(C)CC2C. The second kappa shape index (κ2) is 2.76. The van der Waals surface area contributed by atoms with Gasteiger partial charge in [-0.25, -0.2) is 4.68 Å². The molecule has 2 unspecified atom stereocenters. The Morgan fingerprint density at radius 1 is 1.38 bits per heavy atom. The van der Waals surface area contributed by atoms with E-state index in [-0.39, 0.29) is 0 Å². The number of nitrogens with one attached hydrogen (secondary N) is 1. The van der Waals surface area contributed by atoms with Gasteiger partial charge >= 0.3 is 0 Å². The first-order valence-electron chi connectivity index (χ1n) is 4.92. The van der Waals surface area contributed by atoms with Gasteiger partial charge in [0.05, 0.1) is 11.7 Å². The maximum Gasteiger partial charge on any atom is 0.127 e. The predicted octanol–water partition coefficient (Wildman–Crippen LogP) is 2.27. The Morgan fingerprint density at radius 3 is 2.77 bits per heavy atom. The summed E-state index contributed by atoms with van der Waals surface area (Å²) in [7, 11) is 0. The largest absolute Gasteiger partial charge is 0.368 e. The number of anilines is 1. The van der Waals surface area contributed by atoms with Crippen LogP contribution in [0.15, 0.2) is 0 Å². The van der Waals surface area contributed by atoms with Crippen molar-refractivity contribution in [1.29, 1.82) is 0 Å². The third-order valence-corrected chi connectivity index (χ3v) is 2.88. The fraction of sp³-hybridized carbons (Fsp3) is 0.700. The minimum absolute atomic E-state index is 0.527. The van der Waals surface area contributed by atoms with Crippen LogP contribution in [0.3, 0.4) is 0 Å². The van der Waals surface area contributed by atoms with Gasteiger partial charge in [-0.15, -0.1) is 0 Å². The van der Waals surface area contributed by atoms with E-state index in [1.54, 1.807) is 0 Å². The van der Waals surface area contributed by atoms with Gasteiger partial charge in [0.2, 0.25) is 0 Å². The quantitative estimate of drug-likeness (QED) is 0.662. The molecule has 0 fully saturated rings. The van der Waals surface area contributed by atoms with Crippen LogP contribution < -0.4 is 5.32 Å². The molecule has 0 bridgehead atoms. The average Bonchev–Trinajstić information content (AvgIpc) is 2.32. The van der Waals surface area contributed by atoms with Crippen molar-refractivity contribution in [3.05, 3.63) is 11.3 Å². The van der Waals surface area contributed by atoms with Crippen LogP contribution in [-0.2, 0) is 0 Å². The molecular weight excluding hydrogens is 162 g/mol. The molecule has 0 spiro atoms. The van der Waals surface area contributed by atoms with Gasteiger partial charge in [-0.3, -0.25) is 0 Å². The molecule has 3 heteroatoms. The van der Waals surface area contributed by atoms with E-state index in [4.69, 9.17) is 0 Å². The molecule has 2 heterocycles. The van der Waals surface area contributed by atoms with Gasteiger partial charge < -0.3 is 5.32 Å². The zero-order chi connectivity index (χ0) is 9.59. The van der Waals surface area contributed by atoms with E-state index in [1.165, 1.54) is 11.4 Å². The van der Waals surface area contributed by atoms with Crippen molar-refractivity contribution in [2.45, 2.75) is 46.2 Å². The number of aromatic nitrogens is 2. The number of fused-ring (bicyclic) bond motifs is 1. The Bertz CT molecular complexity index is 327. The van der Waals surface area contributed by atoms with Gasteiger partial charge in [0.1, 0.15) is 5.82 Å². The lowest BCUT2D eigenvalue weighted by Crippen LogP contribution is -2.29. The van der Waals surface area contributed by atoms with Gasteiger partial charge in [0.15, 0.2) is 0 Å². The van der Waals surface area contributed by atoms with Crippen molar-refractivity contribution in [2.75, 3.05) is 5.32 Å². The van der Waals surface area contributed by atoms with Gasteiger partial charge in [-0.05, 0) is 34.1 Å². The zero-order valence-corrected chi connectivity index (χ0v) is 8.76. The highest BCUT2D eigenvalue weighted by Crippen LogP contribution is 2.30. The van der Waals surface area contributed by atoms with Crippen molar-refractivity contribution in [1.82, 2.24) is 9.78 Å². The zero-order valence-electron chi connectivity index (χ0n) is 8.76. The van der Waals surface area contributed by atoms with E-state index >= 15 is 0 Å². The molecule has 2 rings (SSSR count). The van der Waals surface area contributed by atoms with E-state index in [0.29, 0.717) is 12.1 Å². The number of hydrogen-bond donors (Lipinski definition) is 1. The molecule has 1 aromatic heterocycles. The lowest BCUT2D eigenvalue weighted by atomic mass is 10.1. The maximum absolute atomic E-state index is 4.52. The molecular formula is C10H17N3. The molecule has 0 aliphatic carbocycles. The average molecular weight is 179 g/mol. The first-order valence-corrected chi connectivity index (χ1v) is 4.92. The molecule has 0 amide bonds. The fourth-order valence-corrected chi connectivity index (χ4v) is 2.03. The number of rotatable bonds is 0. The smallest absolute Gasteiger partial charge is 0.127 e. The fourth-order valence-electron chi connectivity index (χ4n) is 2.03. The van der Waals surface area contributed by atoms with E-state index in [1.807, 2.05) is 0 Å². The van der Waals surface area contributed by atoms with Crippen LogP contribution in [0.1, 0.15) is 37.6 Å². The highest BCUT2D eigenvalue weighted by atomic mass is 15.4. The summed E-state index contributed by atoms with van der Waals surface area (Å²) in [5, 5.41) is 8.00. The third kappa shape index (κ3) is 1.23. The topological polar surface area (TPSA) is 29.9 Å². The molecule has 1 N–H and O–H groups in total. The molecule has 0 aromatic carbocycles. The molecule has 2 atom stereocenters. The van der Waals surface area contributed by atoms with E-state index in [9.17, 15) is 0 Å². The van der Waals surface area contributed by atoms with Crippen LogP contribution in [-0.4, -0.2) is 15.8 Å². The van der Waals surface area contributed by atoms with Crippen LogP contribution in [0.2, 0.25) is 0 Å². The van der Waals surface area contributed by atoms with Crippen LogP contribution in [0.25, 0.3) is 0 Å². The Balaban J connectivity index is 2.49. The molecule has 72 valence electrons. The highest BCUT2D eigenvalue weighted by molar-refractivity contribution is 5.48. The van der Waals surface area contributed by atoms with Crippen molar-refractivity contribution < 1.29 is 0 Å². The van der Waals surface area contributed by atoms with Crippen LogP contribution in [0.4, 0.5) is 5.82 Å². The molecule has 0 saturated carbocycles. The molecule has 1 aliphatic heterocycles. The molecule has 0 radical (unpaired) electrons. The number of hydrogen-bond acceptors (Lipinski definition) is 2. The molecule has 1 aromatic rings. The second-order valence-corrected chi connectivity index (χ2v) is 4.13. The van der Waals surface area contributed by atoms with Crippen LogP contribution in [0, 0.1) is 13.8 Å². The van der Waals surface area contributed by atoms with Crippen molar-refractivity contribution in [2.24, 2.45) is 0 Å². The summed E-state index contributed by atoms with van der Waals surface area (Å²) in [5.41, 5.74) is 2.43. The lowest BCUT2D eigenvalue weighted by Gasteiger charge is -2.28. The van der Waals surface area contributed by atoms with Crippen molar-refractivity contribution >= 4 is 5.82 Å². The summed E-state index contributed by atoms with van der Waals surface area (Å²) >= 11 is 0. The summed E-state index contributed by atoms with van der Waals surface area (Å²) in [5.74, 6) is 1.21. The van der Waals surface area contributed by atoms with Gasteiger partial charge in [-0.1, -0.05) is 0 Å². The summed E-state index contributed by atoms with van der Waals surface area (Å²) in [6.07, 6.45) is 1.16. The predicted molar refractivity (Wildman–Crippen MR) is 54.1 cm³/mol. The lowest BCUT2D eigenvalue weighted by molar-refractivity contribution is 0.412. The van der Waals surface area contributed by atoms with Crippen molar-refractivity contribution in [3.8, 4) is 0 Å². The normalized spacial score (nSPS) is 26.8. The maximum atomic E-state index is 4.52. The molecule has 13 heavy (non-hydrogen) atoms. The van der Waals surface area contributed by atoms with Gasteiger partial charge in [-0.2, -0.15) is 5.10 Å². The standard InChI is InChI=1S/C10H17N3/c1-6-5-7(2)13-10(11-6)8(3)9(4)12-13/h6-7,11H,5H2,1-4H3. The van der Waals surface area contributed by atoms with Crippen LogP contribution >= 0.6 is 0 Å². The van der Waals surface area contributed by atoms with Crippen LogP contribution in [0.5, 0.6) is 0 Å². The summed E-state index contributed by atoms with van der Waals surface area (Å²) in [6, 6.07) is 1.09. The summed E-state index contributed by atoms with van der Waals surface area (Å²) in [4.78, 5) is 0. The van der Waals surface area contributed by atoms with E-state index in [0.717, 1.165) is 12.1 Å². The van der Waals surface area contributed by atoms with Crippen molar-refractivity contribution in [3.63, 3.8) is 0 Å². The molecule has 3 nitrogen and oxygen atoms in total. The number of nitrogens with zero attached hydrogens (tertiary/aromatic N) is 2. The first-order chi connectivity index (χ1) is 6.09. The van der Waals surface area contributed by atoms with E-state index in [2.05, 4.69) is 42.8 Å². The van der Waals surface area contributed by atoms with Gasteiger partial charge in [0.25, 0.3) is 0 Å². The monoisotopic (exact) mass is 179 g/mol. The first kappa shape index (κ1) is 8.60. The number of aryl methyl sites for hydroxylation is 1. The second-order valence-electron chi connectivity index (χ2n) is 4.13. The summed E-state index contributed by atoms with van der Waals surface area (Å²) < 4.78 is 2.12. The molecule has 0 saturated heterocycles. The minimum Gasteiger partial charge on any atom is -0.368 e. The Hall–Kier alpha value is -0.990. The Kier molecular flexibility index (Phi) is 1.82. The third-order valence-electron chi connectivity index (χ3n) is 2.88. The Morgan fingerprint density at radius 2 is 2.08 bits per heavy atom. The Labute approximate surface area is 79.1 Å². The highest BCUT2D eigenvalue weighted by Gasteiger charge is 2.23. The minimum atomic E-state index is 0.527. The molecule has 1 aliphatic rings. The summed E-state index contributed by atoms with van der Waals surface area (Å²) in [6.45, 7) is 8.65. The van der Waals surface area contributed by atoms with E-state index < -0.39 is 0 Å². The van der Waals surface area contributed by atoms with Gasteiger partial charge in [0, 0.05) is 11.6 Å².